The van der Waals surface area contributed by atoms with Crippen molar-refractivity contribution in [3.63, 3.8) is 0 Å². The minimum Gasteiger partial charge on any atom is -0.308 e. The number of aromatic amines is 1. The molecule has 1 saturated carbocycles. The average Bonchev–Trinajstić information content (AvgIpc) is 2.93. The summed E-state index contributed by atoms with van der Waals surface area (Å²) in [6, 6.07) is 0.749. The van der Waals surface area contributed by atoms with Gasteiger partial charge in [-0.05, 0) is 37.7 Å². The van der Waals surface area contributed by atoms with Gasteiger partial charge in [0.1, 0.15) is 0 Å². The van der Waals surface area contributed by atoms with Crippen molar-refractivity contribution in [3.8, 4) is 0 Å². The number of aromatic nitrogens is 2. The highest BCUT2D eigenvalue weighted by Gasteiger charge is 2.19. The van der Waals surface area contributed by atoms with Gasteiger partial charge in [0, 0.05) is 18.3 Å². The van der Waals surface area contributed by atoms with Gasteiger partial charge in [-0.15, -0.1) is 0 Å². The number of rotatable bonds is 3. The predicted octanol–water partition coefficient (Wildman–Crippen LogP) is 1.93. The van der Waals surface area contributed by atoms with Crippen molar-refractivity contribution in [1.82, 2.24) is 15.5 Å². The standard InChI is InChI=1S/C12H19N3/c1-2-5-9(4-1)13-8-12-10-6-3-7-11(10)14-15-12/h9,13H,1-8H2,(H,14,15). The maximum absolute atomic E-state index is 4.41. The fraction of sp³-hybridized carbons (Fsp3) is 0.750. The van der Waals surface area contributed by atoms with Gasteiger partial charge in [-0.1, -0.05) is 12.8 Å². The summed E-state index contributed by atoms with van der Waals surface area (Å²) in [5.41, 5.74) is 4.16. The van der Waals surface area contributed by atoms with Crippen LogP contribution in [-0.2, 0) is 19.4 Å². The first-order chi connectivity index (χ1) is 7.43. The fourth-order valence-corrected chi connectivity index (χ4v) is 2.91. The Bertz CT molecular complexity index is 337. The Kier molecular flexibility index (Phi) is 2.49. The monoisotopic (exact) mass is 205 g/mol. The van der Waals surface area contributed by atoms with Crippen LogP contribution in [0.4, 0.5) is 0 Å². The minimum absolute atomic E-state index is 0.749. The molecular formula is C12H19N3. The number of nitrogens with one attached hydrogen (secondary N) is 2. The predicted molar refractivity (Wildman–Crippen MR) is 59.7 cm³/mol. The van der Waals surface area contributed by atoms with Crippen LogP contribution in [0, 0.1) is 0 Å². The summed E-state index contributed by atoms with van der Waals surface area (Å²) in [5.74, 6) is 0. The number of H-pyrrole nitrogens is 1. The van der Waals surface area contributed by atoms with Crippen LogP contribution in [0.3, 0.4) is 0 Å². The summed E-state index contributed by atoms with van der Waals surface area (Å²) in [6.45, 7) is 0.969. The molecule has 2 aliphatic rings. The highest BCUT2D eigenvalue weighted by atomic mass is 15.1. The van der Waals surface area contributed by atoms with Crippen LogP contribution in [0.5, 0.6) is 0 Å². The highest BCUT2D eigenvalue weighted by Crippen LogP contribution is 2.23. The molecule has 0 saturated heterocycles. The fourth-order valence-electron chi connectivity index (χ4n) is 2.91. The third-order valence-electron chi connectivity index (χ3n) is 3.81. The molecule has 0 aromatic carbocycles. The summed E-state index contributed by atoms with van der Waals surface area (Å²) in [5, 5.41) is 11.2. The first-order valence-electron chi connectivity index (χ1n) is 6.22. The first-order valence-corrected chi connectivity index (χ1v) is 6.22. The number of fused-ring (bicyclic) bond motifs is 1. The first kappa shape index (κ1) is 9.40. The molecular weight excluding hydrogens is 186 g/mol. The molecule has 1 aromatic rings. The Hall–Kier alpha value is -0.830. The van der Waals surface area contributed by atoms with Crippen molar-refractivity contribution < 1.29 is 0 Å². The average molecular weight is 205 g/mol. The lowest BCUT2D eigenvalue weighted by Crippen LogP contribution is -2.25. The molecule has 82 valence electrons. The van der Waals surface area contributed by atoms with E-state index in [0.717, 1.165) is 12.6 Å². The number of hydrogen-bond acceptors (Lipinski definition) is 2. The number of aryl methyl sites for hydroxylation is 1. The molecule has 3 heteroatoms. The molecule has 0 radical (unpaired) electrons. The Morgan fingerprint density at radius 2 is 2.07 bits per heavy atom. The molecule has 0 unspecified atom stereocenters. The Morgan fingerprint density at radius 1 is 1.20 bits per heavy atom. The Morgan fingerprint density at radius 3 is 2.93 bits per heavy atom. The topological polar surface area (TPSA) is 40.7 Å². The summed E-state index contributed by atoms with van der Waals surface area (Å²) in [7, 11) is 0. The molecule has 1 fully saturated rings. The lowest BCUT2D eigenvalue weighted by atomic mass is 10.2. The van der Waals surface area contributed by atoms with Gasteiger partial charge in [0.2, 0.25) is 0 Å². The van der Waals surface area contributed by atoms with E-state index in [4.69, 9.17) is 0 Å². The second-order valence-corrected chi connectivity index (χ2v) is 4.84. The van der Waals surface area contributed by atoms with Crippen LogP contribution in [-0.4, -0.2) is 16.2 Å². The van der Waals surface area contributed by atoms with Gasteiger partial charge >= 0.3 is 0 Å². The van der Waals surface area contributed by atoms with E-state index >= 15 is 0 Å². The summed E-state index contributed by atoms with van der Waals surface area (Å²) >= 11 is 0. The van der Waals surface area contributed by atoms with Crippen molar-refractivity contribution in [2.45, 2.75) is 57.5 Å². The second-order valence-electron chi connectivity index (χ2n) is 4.84. The summed E-state index contributed by atoms with van der Waals surface area (Å²) in [4.78, 5) is 0. The van der Waals surface area contributed by atoms with E-state index in [2.05, 4.69) is 15.5 Å². The van der Waals surface area contributed by atoms with Crippen molar-refractivity contribution in [3.05, 3.63) is 17.0 Å². The second kappa shape index (κ2) is 3.97. The van der Waals surface area contributed by atoms with E-state index in [-0.39, 0.29) is 0 Å². The van der Waals surface area contributed by atoms with Crippen LogP contribution in [0.1, 0.15) is 49.1 Å². The maximum atomic E-state index is 4.41. The van der Waals surface area contributed by atoms with E-state index in [1.54, 1.807) is 0 Å². The van der Waals surface area contributed by atoms with Crippen LogP contribution < -0.4 is 5.32 Å². The molecule has 1 heterocycles. The van der Waals surface area contributed by atoms with Gasteiger partial charge in [-0.2, -0.15) is 5.10 Å². The molecule has 3 nitrogen and oxygen atoms in total. The van der Waals surface area contributed by atoms with Gasteiger partial charge in [0.25, 0.3) is 0 Å². The molecule has 0 atom stereocenters. The maximum Gasteiger partial charge on any atom is 0.0794 e. The molecule has 0 aliphatic heterocycles. The Balaban J connectivity index is 1.61. The minimum atomic E-state index is 0.749. The molecule has 0 bridgehead atoms. The zero-order chi connectivity index (χ0) is 10.1. The van der Waals surface area contributed by atoms with Crippen LogP contribution in [0.2, 0.25) is 0 Å². The smallest absolute Gasteiger partial charge is 0.0794 e. The molecule has 0 amide bonds. The largest absolute Gasteiger partial charge is 0.308 e. The van der Waals surface area contributed by atoms with Crippen molar-refractivity contribution in [2.75, 3.05) is 0 Å². The molecule has 1 aromatic heterocycles. The van der Waals surface area contributed by atoms with Gasteiger partial charge < -0.3 is 5.32 Å². The van der Waals surface area contributed by atoms with Crippen molar-refractivity contribution >= 4 is 0 Å². The number of nitrogens with zero attached hydrogens (tertiary/aromatic N) is 1. The summed E-state index contributed by atoms with van der Waals surface area (Å²) in [6.07, 6.45) is 9.24. The van der Waals surface area contributed by atoms with Crippen LogP contribution >= 0.6 is 0 Å². The van der Waals surface area contributed by atoms with Crippen LogP contribution in [0.25, 0.3) is 0 Å². The van der Waals surface area contributed by atoms with E-state index in [1.807, 2.05) is 0 Å². The lowest BCUT2D eigenvalue weighted by molar-refractivity contribution is 0.517. The third kappa shape index (κ3) is 1.81. The number of hydrogen-bond donors (Lipinski definition) is 2. The van der Waals surface area contributed by atoms with Crippen LogP contribution in [0.15, 0.2) is 0 Å². The van der Waals surface area contributed by atoms with Gasteiger partial charge in [0.15, 0.2) is 0 Å². The van der Waals surface area contributed by atoms with E-state index < -0.39 is 0 Å². The third-order valence-corrected chi connectivity index (χ3v) is 3.81. The quantitative estimate of drug-likeness (QED) is 0.791. The van der Waals surface area contributed by atoms with E-state index in [9.17, 15) is 0 Å². The van der Waals surface area contributed by atoms with E-state index in [1.165, 1.54) is 61.9 Å². The Labute approximate surface area is 90.7 Å². The molecule has 2 aliphatic carbocycles. The van der Waals surface area contributed by atoms with Gasteiger partial charge in [0.05, 0.1) is 5.69 Å². The van der Waals surface area contributed by atoms with Crippen molar-refractivity contribution in [2.24, 2.45) is 0 Å². The zero-order valence-corrected chi connectivity index (χ0v) is 9.18. The molecule has 15 heavy (non-hydrogen) atoms. The van der Waals surface area contributed by atoms with Crippen molar-refractivity contribution in [1.29, 1.82) is 0 Å². The zero-order valence-electron chi connectivity index (χ0n) is 9.18. The highest BCUT2D eigenvalue weighted by molar-refractivity contribution is 5.29. The van der Waals surface area contributed by atoms with Gasteiger partial charge in [-0.25, -0.2) is 0 Å². The lowest BCUT2D eigenvalue weighted by Gasteiger charge is -2.10. The molecule has 0 spiro atoms. The summed E-state index contributed by atoms with van der Waals surface area (Å²) < 4.78 is 0. The molecule has 3 rings (SSSR count). The SMILES string of the molecule is C1Cc2[nH]nc(CNC3CCCC3)c2C1. The molecule has 2 N–H and O–H groups in total. The van der Waals surface area contributed by atoms with E-state index in [0.29, 0.717) is 0 Å². The van der Waals surface area contributed by atoms with Gasteiger partial charge in [-0.3, -0.25) is 5.10 Å². The normalized spacial score (nSPS) is 21.1.